The van der Waals surface area contributed by atoms with Gasteiger partial charge in [-0.1, -0.05) is 31.4 Å². The van der Waals surface area contributed by atoms with Crippen LogP contribution < -0.4 is 15.5 Å². The zero-order valence-corrected chi connectivity index (χ0v) is 23.5. The quantitative estimate of drug-likeness (QED) is 0.362. The lowest BCUT2D eigenvalue weighted by Gasteiger charge is -2.32. The Morgan fingerprint density at radius 1 is 1.05 bits per heavy atom. The van der Waals surface area contributed by atoms with Crippen molar-refractivity contribution in [3.05, 3.63) is 58.7 Å². The summed E-state index contributed by atoms with van der Waals surface area (Å²) in [6, 6.07) is 12.7. The summed E-state index contributed by atoms with van der Waals surface area (Å²) >= 11 is 3.47. The summed E-state index contributed by atoms with van der Waals surface area (Å²) in [5.41, 5.74) is 2.81. The molecule has 1 aromatic heterocycles. The van der Waals surface area contributed by atoms with E-state index in [4.69, 9.17) is 0 Å². The minimum absolute atomic E-state index is 0.181. The van der Waals surface area contributed by atoms with Gasteiger partial charge in [0, 0.05) is 24.6 Å². The summed E-state index contributed by atoms with van der Waals surface area (Å²) in [5, 5.41) is 5.87. The van der Waals surface area contributed by atoms with E-state index in [9.17, 15) is 13.2 Å². The SMILES string of the molecule is CC(C)S(=O)(=O)c1ccccc1Nc1nc(Nc2ccc3c(c2)C2(CCCCC2)C(=O)N3C)ncc1Br. The third kappa shape index (κ3) is 4.50. The number of aromatic nitrogens is 2. The van der Waals surface area contributed by atoms with Crippen LogP contribution in [0.3, 0.4) is 0 Å². The highest BCUT2D eigenvalue weighted by Gasteiger charge is 2.49. The van der Waals surface area contributed by atoms with E-state index in [2.05, 4.69) is 36.5 Å². The molecule has 0 radical (unpaired) electrons. The second-order valence-corrected chi connectivity index (χ2v) is 13.3. The lowest BCUT2D eigenvalue weighted by molar-refractivity contribution is -0.124. The van der Waals surface area contributed by atoms with Crippen molar-refractivity contribution < 1.29 is 13.2 Å². The van der Waals surface area contributed by atoms with Gasteiger partial charge in [0.05, 0.1) is 25.7 Å². The van der Waals surface area contributed by atoms with E-state index in [1.54, 1.807) is 49.2 Å². The molecular weight excluding hydrogens is 554 g/mol. The molecule has 1 spiro atoms. The Morgan fingerprint density at radius 3 is 2.51 bits per heavy atom. The van der Waals surface area contributed by atoms with Gasteiger partial charge in [-0.05, 0) is 78.5 Å². The maximum absolute atomic E-state index is 13.2. The lowest BCUT2D eigenvalue weighted by Crippen LogP contribution is -2.40. The Kier molecular flexibility index (Phi) is 6.74. The third-order valence-electron chi connectivity index (χ3n) is 7.36. The largest absolute Gasteiger partial charge is 0.338 e. The average Bonchev–Trinajstić information content (AvgIpc) is 3.08. The Labute approximate surface area is 226 Å². The molecule has 3 aromatic rings. The summed E-state index contributed by atoms with van der Waals surface area (Å²) in [6.45, 7) is 3.32. The molecule has 1 aliphatic heterocycles. The van der Waals surface area contributed by atoms with Crippen LogP contribution in [0.5, 0.6) is 0 Å². The molecule has 1 fully saturated rings. The van der Waals surface area contributed by atoms with Crippen LogP contribution in [0.15, 0.2) is 58.0 Å². The number of carbonyl (C=O) groups is 1. The Balaban J connectivity index is 1.45. The van der Waals surface area contributed by atoms with Crippen molar-refractivity contribution in [2.24, 2.45) is 0 Å². The first-order valence-electron chi connectivity index (χ1n) is 12.5. The maximum Gasteiger partial charge on any atom is 0.237 e. The van der Waals surface area contributed by atoms with Gasteiger partial charge in [-0.25, -0.2) is 13.4 Å². The van der Waals surface area contributed by atoms with Gasteiger partial charge in [-0.2, -0.15) is 4.98 Å². The summed E-state index contributed by atoms with van der Waals surface area (Å²) in [5.74, 6) is 0.967. The molecule has 0 atom stereocenters. The predicted octanol–water partition coefficient (Wildman–Crippen LogP) is 6.09. The van der Waals surface area contributed by atoms with Crippen LogP contribution >= 0.6 is 15.9 Å². The van der Waals surface area contributed by atoms with Gasteiger partial charge in [0.15, 0.2) is 9.84 Å². The van der Waals surface area contributed by atoms with E-state index in [1.807, 2.05) is 25.2 Å². The van der Waals surface area contributed by atoms with Gasteiger partial charge < -0.3 is 15.5 Å². The first-order chi connectivity index (χ1) is 17.6. The highest BCUT2D eigenvalue weighted by atomic mass is 79.9. The van der Waals surface area contributed by atoms with Crippen LogP contribution in [0.4, 0.5) is 28.8 Å². The van der Waals surface area contributed by atoms with E-state index in [0.29, 0.717) is 21.9 Å². The molecule has 1 amide bonds. The van der Waals surface area contributed by atoms with Crippen LogP contribution in [0.25, 0.3) is 0 Å². The normalized spacial score (nSPS) is 16.8. The highest BCUT2D eigenvalue weighted by Crippen LogP contribution is 2.50. The number of para-hydroxylation sites is 1. The molecule has 37 heavy (non-hydrogen) atoms. The Hall–Kier alpha value is -2.98. The summed E-state index contributed by atoms with van der Waals surface area (Å²) in [6.07, 6.45) is 6.62. The summed E-state index contributed by atoms with van der Waals surface area (Å²) in [4.78, 5) is 24.2. The average molecular weight is 585 g/mol. The van der Waals surface area contributed by atoms with Gasteiger partial charge in [0.25, 0.3) is 0 Å². The fourth-order valence-corrected chi connectivity index (χ4v) is 6.81. The molecule has 8 nitrogen and oxygen atoms in total. The summed E-state index contributed by atoms with van der Waals surface area (Å²) in [7, 11) is -1.64. The third-order valence-corrected chi connectivity index (χ3v) is 10.2. The van der Waals surface area contributed by atoms with E-state index < -0.39 is 20.5 Å². The number of carbonyl (C=O) groups excluding carboxylic acids is 1. The van der Waals surface area contributed by atoms with Crippen LogP contribution in [0.2, 0.25) is 0 Å². The monoisotopic (exact) mass is 583 g/mol. The van der Waals surface area contributed by atoms with Gasteiger partial charge in [0.2, 0.25) is 11.9 Å². The predicted molar refractivity (Wildman–Crippen MR) is 150 cm³/mol. The van der Waals surface area contributed by atoms with E-state index in [0.717, 1.165) is 49.0 Å². The van der Waals surface area contributed by atoms with Gasteiger partial charge in [-0.15, -0.1) is 0 Å². The fourth-order valence-electron chi connectivity index (χ4n) is 5.32. The molecule has 2 aliphatic rings. The highest BCUT2D eigenvalue weighted by molar-refractivity contribution is 9.10. The molecule has 0 saturated heterocycles. The second-order valence-electron chi connectivity index (χ2n) is 9.97. The van der Waals surface area contributed by atoms with Crippen LogP contribution in [0, 0.1) is 0 Å². The second kappa shape index (κ2) is 9.72. The molecule has 1 saturated carbocycles. The first kappa shape index (κ1) is 25.7. The van der Waals surface area contributed by atoms with Crippen molar-refractivity contribution in [2.75, 3.05) is 22.6 Å². The van der Waals surface area contributed by atoms with Gasteiger partial charge in [0.1, 0.15) is 5.82 Å². The smallest absolute Gasteiger partial charge is 0.237 e. The Morgan fingerprint density at radius 2 is 1.78 bits per heavy atom. The minimum Gasteiger partial charge on any atom is -0.338 e. The van der Waals surface area contributed by atoms with Crippen molar-refractivity contribution in [3.63, 3.8) is 0 Å². The molecule has 10 heteroatoms. The molecule has 0 unspecified atom stereocenters. The van der Waals surface area contributed by atoms with E-state index in [1.165, 1.54) is 0 Å². The number of hydrogen-bond acceptors (Lipinski definition) is 7. The number of rotatable bonds is 6. The van der Waals surface area contributed by atoms with Crippen molar-refractivity contribution >= 4 is 60.5 Å². The van der Waals surface area contributed by atoms with Crippen molar-refractivity contribution in [1.82, 2.24) is 9.97 Å². The van der Waals surface area contributed by atoms with E-state index in [-0.39, 0.29) is 10.8 Å². The minimum atomic E-state index is -3.50. The molecule has 2 heterocycles. The number of sulfone groups is 1. The number of nitrogens with one attached hydrogen (secondary N) is 2. The topological polar surface area (TPSA) is 104 Å². The van der Waals surface area contributed by atoms with Gasteiger partial charge >= 0.3 is 0 Å². The fraction of sp³-hybridized carbons (Fsp3) is 0.370. The lowest BCUT2D eigenvalue weighted by atomic mass is 9.70. The number of fused-ring (bicyclic) bond motifs is 2. The standard InChI is InChI=1S/C27H30BrN5O3S/c1-17(2)37(35,36)23-10-6-5-9-21(23)31-24-20(28)16-29-26(32-24)30-18-11-12-22-19(15-18)27(25(34)33(22)3)13-7-4-8-14-27/h5-6,9-12,15-17H,4,7-8,13-14H2,1-3H3,(H2,29,30,31,32). The van der Waals surface area contributed by atoms with E-state index >= 15 is 0 Å². The number of halogens is 1. The molecule has 1 aliphatic carbocycles. The number of amides is 1. The van der Waals surface area contributed by atoms with Gasteiger partial charge in [-0.3, -0.25) is 4.79 Å². The maximum atomic E-state index is 13.2. The molecule has 5 rings (SSSR count). The molecule has 194 valence electrons. The van der Waals surface area contributed by atoms with Crippen molar-refractivity contribution in [1.29, 1.82) is 0 Å². The molecule has 0 bridgehead atoms. The van der Waals surface area contributed by atoms with Crippen molar-refractivity contribution in [2.45, 2.75) is 61.5 Å². The number of hydrogen-bond donors (Lipinski definition) is 2. The Bertz CT molecular complexity index is 1470. The zero-order valence-electron chi connectivity index (χ0n) is 21.1. The molecule has 2 aromatic carbocycles. The molecule has 2 N–H and O–H groups in total. The van der Waals surface area contributed by atoms with Crippen LogP contribution in [0.1, 0.15) is 51.5 Å². The molecular formula is C27H30BrN5O3S. The van der Waals surface area contributed by atoms with Crippen LogP contribution in [-0.4, -0.2) is 36.6 Å². The number of nitrogens with zero attached hydrogens (tertiary/aromatic N) is 3. The van der Waals surface area contributed by atoms with Crippen LogP contribution in [-0.2, 0) is 20.0 Å². The van der Waals surface area contributed by atoms with Crippen molar-refractivity contribution in [3.8, 4) is 0 Å². The number of benzene rings is 2. The first-order valence-corrected chi connectivity index (χ1v) is 14.8. The summed E-state index contributed by atoms with van der Waals surface area (Å²) < 4.78 is 26.4. The number of anilines is 5. The zero-order chi connectivity index (χ0) is 26.4. The number of likely N-dealkylation sites (N-methyl/N-ethyl adjacent to an activating group) is 1.